The number of ether oxygens (including phenoxy) is 1. The zero-order valence-corrected chi connectivity index (χ0v) is 6.10. The highest BCUT2D eigenvalue weighted by molar-refractivity contribution is 5.81. The Morgan fingerprint density at radius 3 is 2.44 bits per heavy atom. The Morgan fingerprint density at radius 2 is 2.33 bits per heavy atom. The average molecular weight is 131 g/mol. The van der Waals surface area contributed by atoms with E-state index in [2.05, 4.69) is 5.32 Å². The van der Waals surface area contributed by atoms with E-state index in [4.69, 9.17) is 4.74 Å². The predicted octanol–water partition coefficient (Wildman–Crippen LogP) is -0.190. The molecule has 0 unspecified atom stereocenters. The number of ketones is 1. The van der Waals surface area contributed by atoms with Crippen LogP contribution in [0, 0.1) is 0 Å². The number of Topliss-reactive ketones (excluding diaryl/α,β-unsaturated/α-hetero) is 1. The minimum absolute atomic E-state index is 0.111. The van der Waals surface area contributed by atoms with Crippen molar-refractivity contribution in [2.24, 2.45) is 0 Å². The lowest BCUT2D eigenvalue weighted by Crippen LogP contribution is -2.36. The summed E-state index contributed by atoms with van der Waals surface area (Å²) in [4.78, 5) is 10.6. The first-order chi connectivity index (χ1) is 4.22. The van der Waals surface area contributed by atoms with Crippen molar-refractivity contribution in [3.8, 4) is 0 Å². The fourth-order valence-corrected chi connectivity index (χ4v) is 0.571. The van der Waals surface area contributed by atoms with Gasteiger partial charge in [-0.15, -0.1) is 0 Å². The third-order valence-corrected chi connectivity index (χ3v) is 1.17. The molecule has 3 heteroatoms. The normalized spacial score (nSPS) is 13.2. The van der Waals surface area contributed by atoms with Crippen molar-refractivity contribution in [1.82, 2.24) is 5.32 Å². The molecule has 0 spiro atoms. The molecule has 0 aromatic rings. The zero-order valence-electron chi connectivity index (χ0n) is 6.10. The SMILES string of the molecule is CN[C@H](COC)C(C)=O. The molecule has 0 heterocycles. The van der Waals surface area contributed by atoms with Gasteiger partial charge in [0.2, 0.25) is 0 Å². The van der Waals surface area contributed by atoms with Crippen LogP contribution in [0.25, 0.3) is 0 Å². The minimum atomic E-state index is -0.144. The van der Waals surface area contributed by atoms with Gasteiger partial charge in [-0.3, -0.25) is 4.79 Å². The van der Waals surface area contributed by atoms with E-state index < -0.39 is 0 Å². The van der Waals surface area contributed by atoms with Crippen LogP contribution in [0.3, 0.4) is 0 Å². The Bertz CT molecular complexity index is 93.1. The molecule has 54 valence electrons. The van der Waals surface area contributed by atoms with Gasteiger partial charge in [-0.2, -0.15) is 0 Å². The summed E-state index contributed by atoms with van der Waals surface area (Å²) < 4.78 is 4.77. The largest absolute Gasteiger partial charge is 0.383 e. The van der Waals surface area contributed by atoms with E-state index in [1.54, 1.807) is 21.1 Å². The van der Waals surface area contributed by atoms with Gasteiger partial charge in [-0.05, 0) is 14.0 Å². The van der Waals surface area contributed by atoms with Crippen molar-refractivity contribution in [3.63, 3.8) is 0 Å². The third kappa shape index (κ3) is 3.21. The van der Waals surface area contributed by atoms with Gasteiger partial charge >= 0.3 is 0 Å². The maximum atomic E-state index is 10.6. The van der Waals surface area contributed by atoms with Crippen LogP contribution in [-0.4, -0.2) is 32.6 Å². The molecule has 0 radical (unpaired) electrons. The van der Waals surface area contributed by atoms with E-state index in [1.807, 2.05) is 0 Å². The Morgan fingerprint density at radius 1 is 1.78 bits per heavy atom. The van der Waals surface area contributed by atoms with Crippen molar-refractivity contribution >= 4 is 5.78 Å². The van der Waals surface area contributed by atoms with Gasteiger partial charge in [-0.1, -0.05) is 0 Å². The molecule has 0 aromatic carbocycles. The lowest BCUT2D eigenvalue weighted by Gasteiger charge is -2.09. The zero-order chi connectivity index (χ0) is 7.28. The molecule has 0 aliphatic heterocycles. The first kappa shape index (κ1) is 8.59. The molecule has 3 nitrogen and oxygen atoms in total. The second kappa shape index (κ2) is 4.47. The Hall–Kier alpha value is -0.410. The minimum Gasteiger partial charge on any atom is -0.383 e. The lowest BCUT2D eigenvalue weighted by molar-refractivity contribution is -0.120. The number of hydrogen-bond acceptors (Lipinski definition) is 3. The number of likely N-dealkylation sites (N-methyl/N-ethyl adjacent to an activating group) is 1. The van der Waals surface area contributed by atoms with E-state index in [0.717, 1.165) is 0 Å². The Labute approximate surface area is 55.4 Å². The van der Waals surface area contributed by atoms with Crippen LogP contribution in [0.1, 0.15) is 6.92 Å². The third-order valence-electron chi connectivity index (χ3n) is 1.17. The highest BCUT2D eigenvalue weighted by Crippen LogP contribution is 1.83. The first-order valence-electron chi connectivity index (χ1n) is 2.89. The van der Waals surface area contributed by atoms with Crippen molar-refractivity contribution < 1.29 is 9.53 Å². The molecule has 1 N–H and O–H groups in total. The topological polar surface area (TPSA) is 38.3 Å². The van der Waals surface area contributed by atoms with Crippen LogP contribution in [-0.2, 0) is 9.53 Å². The number of hydrogen-bond donors (Lipinski definition) is 1. The molecule has 0 aliphatic rings. The number of nitrogens with one attached hydrogen (secondary N) is 1. The van der Waals surface area contributed by atoms with Crippen molar-refractivity contribution in [3.05, 3.63) is 0 Å². The fourth-order valence-electron chi connectivity index (χ4n) is 0.571. The summed E-state index contributed by atoms with van der Waals surface area (Å²) in [6.07, 6.45) is 0. The maximum absolute atomic E-state index is 10.6. The van der Waals surface area contributed by atoms with Crippen molar-refractivity contribution in [2.75, 3.05) is 20.8 Å². The Kier molecular flexibility index (Phi) is 4.26. The first-order valence-corrected chi connectivity index (χ1v) is 2.89. The number of rotatable bonds is 4. The Balaban J connectivity index is 3.54. The van der Waals surface area contributed by atoms with E-state index in [0.29, 0.717) is 6.61 Å². The van der Waals surface area contributed by atoms with Crippen molar-refractivity contribution in [1.29, 1.82) is 0 Å². The maximum Gasteiger partial charge on any atom is 0.149 e. The number of methoxy groups -OCH3 is 1. The predicted molar refractivity (Wildman–Crippen MR) is 35.4 cm³/mol. The van der Waals surface area contributed by atoms with E-state index in [9.17, 15) is 4.79 Å². The second-order valence-electron chi connectivity index (χ2n) is 1.91. The summed E-state index contributed by atoms with van der Waals surface area (Å²) in [7, 11) is 3.32. The highest BCUT2D eigenvalue weighted by atomic mass is 16.5. The van der Waals surface area contributed by atoms with Crippen LogP contribution in [0.4, 0.5) is 0 Å². The van der Waals surface area contributed by atoms with E-state index in [-0.39, 0.29) is 11.8 Å². The van der Waals surface area contributed by atoms with E-state index in [1.165, 1.54) is 0 Å². The standard InChI is InChI=1S/C6H13NO2/c1-5(8)6(7-2)4-9-3/h6-7H,4H2,1-3H3/t6-/m1/s1. The quantitative estimate of drug-likeness (QED) is 0.574. The summed E-state index contributed by atoms with van der Waals surface area (Å²) in [5.74, 6) is 0.111. The molecule has 0 fully saturated rings. The highest BCUT2D eigenvalue weighted by Gasteiger charge is 2.08. The molecule has 0 saturated heterocycles. The van der Waals surface area contributed by atoms with E-state index >= 15 is 0 Å². The molecule has 0 rings (SSSR count). The molecule has 0 aliphatic carbocycles. The molecule has 0 saturated carbocycles. The molecule has 0 bridgehead atoms. The van der Waals surface area contributed by atoms with Crippen LogP contribution in [0.2, 0.25) is 0 Å². The average Bonchev–Trinajstić information content (AvgIpc) is 1.82. The molecule has 9 heavy (non-hydrogen) atoms. The van der Waals surface area contributed by atoms with Gasteiger partial charge in [0.15, 0.2) is 0 Å². The smallest absolute Gasteiger partial charge is 0.149 e. The summed E-state index contributed by atoms with van der Waals surface area (Å²) in [5.41, 5.74) is 0. The van der Waals surface area contributed by atoms with Gasteiger partial charge in [0.25, 0.3) is 0 Å². The molecule has 0 aromatic heterocycles. The lowest BCUT2D eigenvalue weighted by atomic mass is 10.2. The van der Waals surface area contributed by atoms with Gasteiger partial charge in [0.1, 0.15) is 5.78 Å². The number of carbonyl (C=O) groups is 1. The summed E-state index contributed by atoms with van der Waals surface area (Å²) in [5, 5.41) is 2.83. The second-order valence-corrected chi connectivity index (χ2v) is 1.91. The summed E-state index contributed by atoms with van der Waals surface area (Å²) in [6, 6.07) is -0.144. The summed E-state index contributed by atoms with van der Waals surface area (Å²) >= 11 is 0. The van der Waals surface area contributed by atoms with Crippen LogP contribution in [0.15, 0.2) is 0 Å². The molecular weight excluding hydrogens is 118 g/mol. The van der Waals surface area contributed by atoms with Gasteiger partial charge in [0.05, 0.1) is 12.6 Å². The van der Waals surface area contributed by atoms with Crippen molar-refractivity contribution in [2.45, 2.75) is 13.0 Å². The number of carbonyl (C=O) groups excluding carboxylic acids is 1. The van der Waals surface area contributed by atoms with Gasteiger partial charge < -0.3 is 10.1 Å². The molecule has 0 amide bonds. The molecule has 1 atom stereocenters. The van der Waals surface area contributed by atoms with Gasteiger partial charge in [0, 0.05) is 7.11 Å². The monoisotopic (exact) mass is 131 g/mol. The fraction of sp³-hybridized carbons (Fsp3) is 0.833. The van der Waals surface area contributed by atoms with Crippen LogP contribution >= 0.6 is 0 Å². The van der Waals surface area contributed by atoms with Gasteiger partial charge in [-0.25, -0.2) is 0 Å². The van der Waals surface area contributed by atoms with Crippen LogP contribution < -0.4 is 5.32 Å². The summed E-state index contributed by atoms with van der Waals surface area (Å²) in [6.45, 7) is 1.99. The van der Waals surface area contributed by atoms with Crippen LogP contribution in [0.5, 0.6) is 0 Å². The molecular formula is C6H13NO2.